The zero-order chi connectivity index (χ0) is 13.4. The smallest absolute Gasteiger partial charge is 0.337 e. The number of rotatable bonds is 6. The van der Waals surface area contributed by atoms with Crippen LogP contribution in [0.3, 0.4) is 0 Å². The fourth-order valence-electron chi connectivity index (χ4n) is 1.57. The van der Waals surface area contributed by atoms with Crippen molar-refractivity contribution >= 4 is 11.9 Å². The van der Waals surface area contributed by atoms with E-state index in [0.29, 0.717) is 25.2 Å². The van der Waals surface area contributed by atoms with E-state index in [-0.39, 0.29) is 17.9 Å². The highest BCUT2D eigenvalue weighted by atomic mass is 16.5. The second-order valence-electron chi connectivity index (χ2n) is 4.17. The van der Waals surface area contributed by atoms with Crippen molar-refractivity contribution in [3.63, 3.8) is 0 Å². The second kappa shape index (κ2) is 7.69. The van der Waals surface area contributed by atoms with Crippen LogP contribution in [0.15, 0.2) is 23.8 Å². The van der Waals surface area contributed by atoms with Crippen LogP contribution in [0.2, 0.25) is 0 Å². The predicted molar refractivity (Wildman–Crippen MR) is 67.8 cm³/mol. The number of esters is 2. The Morgan fingerprint density at radius 3 is 2.56 bits per heavy atom. The van der Waals surface area contributed by atoms with Crippen LogP contribution in [-0.4, -0.2) is 25.2 Å². The van der Waals surface area contributed by atoms with Crippen molar-refractivity contribution in [2.75, 3.05) is 13.2 Å². The molecule has 0 saturated heterocycles. The minimum Gasteiger partial charge on any atom is -0.465 e. The zero-order valence-corrected chi connectivity index (χ0v) is 11.0. The van der Waals surface area contributed by atoms with Gasteiger partial charge in [-0.25, -0.2) is 4.79 Å². The molecule has 1 rings (SSSR count). The van der Waals surface area contributed by atoms with Crippen LogP contribution in [0.25, 0.3) is 0 Å². The fourth-order valence-corrected chi connectivity index (χ4v) is 1.57. The van der Waals surface area contributed by atoms with E-state index in [2.05, 4.69) is 0 Å². The molecule has 0 aromatic heterocycles. The minimum atomic E-state index is -0.374. The number of allylic oxidation sites excluding steroid dienone is 1. The van der Waals surface area contributed by atoms with Crippen LogP contribution in [0.1, 0.15) is 33.1 Å². The largest absolute Gasteiger partial charge is 0.465 e. The molecule has 0 N–H and O–H groups in total. The van der Waals surface area contributed by atoms with E-state index >= 15 is 0 Å². The van der Waals surface area contributed by atoms with Crippen molar-refractivity contribution < 1.29 is 19.1 Å². The summed E-state index contributed by atoms with van der Waals surface area (Å²) >= 11 is 0. The van der Waals surface area contributed by atoms with Crippen LogP contribution in [0.4, 0.5) is 0 Å². The first-order valence-corrected chi connectivity index (χ1v) is 6.41. The number of hydrogen-bond donors (Lipinski definition) is 0. The molecular weight excluding hydrogens is 232 g/mol. The fraction of sp³-hybridized carbons (Fsp3) is 0.571. The minimum absolute atomic E-state index is 0.276. The van der Waals surface area contributed by atoms with Gasteiger partial charge in [0.15, 0.2) is 0 Å². The first-order chi connectivity index (χ1) is 8.69. The van der Waals surface area contributed by atoms with E-state index in [1.807, 2.05) is 13.8 Å². The number of ether oxygens (including phenoxy) is 2. The monoisotopic (exact) mass is 252 g/mol. The third-order valence-corrected chi connectivity index (χ3v) is 2.49. The molecule has 0 aliphatic heterocycles. The molecule has 1 aliphatic carbocycles. The summed E-state index contributed by atoms with van der Waals surface area (Å²) in [5, 5.41) is 0. The summed E-state index contributed by atoms with van der Waals surface area (Å²) < 4.78 is 10.1. The average molecular weight is 252 g/mol. The van der Waals surface area contributed by atoms with E-state index in [4.69, 9.17) is 9.47 Å². The van der Waals surface area contributed by atoms with E-state index in [9.17, 15) is 9.59 Å². The lowest BCUT2D eigenvalue weighted by atomic mass is 9.96. The molecule has 18 heavy (non-hydrogen) atoms. The summed E-state index contributed by atoms with van der Waals surface area (Å²) in [6, 6.07) is 0. The second-order valence-corrected chi connectivity index (χ2v) is 4.17. The molecule has 0 bridgehead atoms. The maximum atomic E-state index is 11.7. The van der Waals surface area contributed by atoms with Gasteiger partial charge in [-0.05, 0) is 19.3 Å². The molecule has 4 nitrogen and oxygen atoms in total. The van der Waals surface area contributed by atoms with E-state index in [1.165, 1.54) is 0 Å². The maximum Gasteiger partial charge on any atom is 0.337 e. The van der Waals surface area contributed by atoms with Gasteiger partial charge in [0.25, 0.3) is 0 Å². The molecule has 1 unspecified atom stereocenters. The molecule has 0 radical (unpaired) electrons. The number of carbonyl (C=O) groups is 2. The van der Waals surface area contributed by atoms with Gasteiger partial charge in [0, 0.05) is 0 Å². The van der Waals surface area contributed by atoms with Crippen molar-refractivity contribution in [3.05, 3.63) is 23.8 Å². The normalized spacial score (nSPS) is 18.1. The highest BCUT2D eigenvalue weighted by molar-refractivity contribution is 5.93. The average Bonchev–Trinajstić information content (AvgIpc) is 2.42. The Balaban J connectivity index is 2.58. The van der Waals surface area contributed by atoms with Crippen LogP contribution < -0.4 is 0 Å². The quantitative estimate of drug-likeness (QED) is 0.681. The van der Waals surface area contributed by atoms with Crippen LogP contribution >= 0.6 is 0 Å². The summed E-state index contributed by atoms with van der Waals surface area (Å²) in [5.41, 5.74) is 0.438. The maximum absolute atomic E-state index is 11.7. The van der Waals surface area contributed by atoms with Gasteiger partial charge in [0.1, 0.15) is 0 Å². The molecule has 1 atom stereocenters. The molecule has 0 spiro atoms. The molecule has 100 valence electrons. The summed E-state index contributed by atoms with van der Waals surface area (Å²) in [6.45, 7) is 4.69. The SMILES string of the molecule is CCCOC(=O)C1=CC(C(=O)OCCC)CC=C1. The van der Waals surface area contributed by atoms with Gasteiger partial charge in [-0.15, -0.1) is 0 Å². The Bertz CT molecular complexity index is 355. The lowest BCUT2D eigenvalue weighted by molar-refractivity contribution is -0.146. The van der Waals surface area contributed by atoms with Crippen molar-refractivity contribution in [2.45, 2.75) is 33.1 Å². The molecule has 4 heteroatoms. The first kappa shape index (κ1) is 14.5. The third-order valence-electron chi connectivity index (χ3n) is 2.49. The predicted octanol–water partition coefficient (Wildman–Crippen LogP) is 2.40. The van der Waals surface area contributed by atoms with Gasteiger partial charge in [-0.2, -0.15) is 0 Å². The Hall–Kier alpha value is -1.58. The highest BCUT2D eigenvalue weighted by Gasteiger charge is 2.22. The Kier molecular flexibility index (Phi) is 6.19. The standard InChI is InChI=1S/C14H20O4/c1-3-8-17-13(15)11-6-5-7-12(10-11)14(16)18-9-4-2/h5-6,10,12H,3-4,7-9H2,1-2H3. The molecule has 0 saturated carbocycles. The third kappa shape index (κ3) is 4.35. The summed E-state index contributed by atoms with van der Waals surface area (Å²) in [4.78, 5) is 23.3. The zero-order valence-electron chi connectivity index (χ0n) is 11.0. The van der Waals surface area contributed by atoms with Crippen molar-refractivity contribution in [1.82, 2.24) is 0 Å². The molecule has 1 aliphatic rings. The van der Waals surface area contributed by atoms with Gasteiger partial charge < -0.3 is 9.47 Å². The number of carbonyl (C=O) groups excluding carboxylic acids is 2. The molecule has 0 aromatic rings. The van der Waals surface area contributed by atoms with Gasteiger partial charge in [0.2, 0.25) is 0 Å². The molecule has 0 amide bonds. The van der Waals surface area contributed by atoms with Crippen molar-refractivity contribution in [2.24, 2.45) is 5.92 Å². The molecular formula is C14H20O4. The van der Waals surface area contributed by atoms with E-state index < -0.39 is 0 Å². The van der Waals surface area contributed by atoms with Crippen molar-refractivity contribution in [1.29, 1.82) is 0 Å². The Morgan fingerprint density at radius 2 is 1.89 bits per heavy atom. The molecule has 0 fully saturated rings. The summed E-state index contributed by atoms with van der Waals surface area (Å²) in [5.74, 6) is -1.02. The summed E-state index contributed by atoms with van der Waals surface area (Å²) in [7, 11) is 0. The van der Waals surface area contributed by atoms with E-state index in [1.54, 1.807) is 18.2 Å². The van der Waals surface area contributed by atoms with Crippen LogP contribution in [-0.2, 0) is 19.1 Å². The summed E-state index contributed by atoms with van der Waals surface area (Å²) in [6.07, 6.45) is 7.29. The lowest BCUT2D eigenvalue weighted by Gasteiger charge is -2.15. The number of hydrogen-bond acceptors (Lipinski definition) is 4. The van der Waals surface area contributed by atoms with Gasteiger partial charge >= 0.3 is 11.9 Å². The van der Waals surface area contributed by atoms with Gasteiger partial charge in [-0.3, -0.25) is 4.79 Å². The van der Waals surface area contributed by atoms with E-state index in [0.717, 1.165) is 12.8 Å². The Labute approximate surface area is 108 Å². The van der Waals surface area contributed by atoms with Crippen LogP contribution in [0.5, 0.6) is 0 Å². The van der Waals surface area contributed by atoms with Gasteiger partial charge in [-0.1, -0.05) is 32.1 Å². The molecule has 0 aromatic carbocycles. The molecule has 0 heterocycles. The highest BCUT2D eigenvalue weighted by Crippen LogP contribution is 2.19. The lowest BCUT2D eigenvalue weighted by Crippen LogP contribution is -2.20. The topological polar surface area (TPSA) is 52.6 Å². The van der Waals surface area contributed by atoms with Crippen LogP contribution in [0, 0.1) is 5.92 Å². The first-order valence-electron chi connectivity index (χ1n) is 6.41. The Morgan fingerprint density at radius 1 is 1.22 bits per heavy atom. The van der Waals surface area contributed by atoms with Gasteiger partial charge in [0.05, 0.1) is 24.7 Å². The van der Waals surface area contributed by atoms with Crippen molar-refractivity contribution in [3.8, 4) is 0 Å².